The number of carbonyl (C=O) groups is 1. The van der Waals surface area contributed by atoms with Gasteiger partial charge in [-0.2, -0.15) is 0 Å². The number of nitrogens with zero attached hydrogens (tertiary/aromatic N) is 1. The number of rotatable bonds is 4. The molecule has 0 aliphatic carbocycles. The van der Waals surface area contributed by atoms with Gasteiger partial charge in [-0.1, -0.05) is 19.8 Å². The van der Waals surface area contributed by atoms with Crippen molar-refractivity contribution in [2.24, 2.45) is 0 Å². The Morgan fingerprint density at radius 2 is 1.93 bits per heavy atom. The third-order valence-electron chi connectivity index (χ3n) is 2.62. The van der Waals surface area contributed by atoms with Crippen molar-refractivity contribution in [2.45, 2.75) is 32.6 Å². The number of amides is 1. The molecule has 1 aliphatic heterocycles. The van der Waals surface area contributed by atoms with Crippen LogP contribution < -0.4 is 5.32 Å². The first-order valence-electron chi connectivity index (χ1n) is 5.97. The monoisotopic (exact) mass is 214 g/mol. The fourth-order valence-electron chi connectivity index (χ4n) is 1.73. The van der Waals surface area contributed by atoms with Crippen LogP contribution in [-0.4, -0.2) is 43.8 Å². The van der Waals surface area contributed by atoms with E-state index < -0.39 is 0 Å². The molecule has 4 heteroatoms. The van der Waals surface area contributed by atoms with E-state index in [9.17, 15) is 4.79 Å². The van der Waals surface area contributed by atoms with Crippen molar-refractivity contribution in [1.29, 1.82) is 0 Å². The van der Waals surface area contributed by atoms with Gasteiger partial charge in [0.15, 0.2) is 0 Å². The summed E-state index contributed by atoms with van der Waals surface area (Å²) in [5.41, 5.74) is 0. The van der Waals surface area contributed by atoms with E-state index in [1.807, 2.05) is 11.8 Å². The lowest BCUT2D eigenvalue weighted by Gasteiger charge is -2.19. The summed E-state index contributed by atoms with van der Waals surface area (Å²) in [6.07, 6.45) is 4.56. The van der Waals surface area contributed by atoms with E-state index in [0.29, 0.717) is 6.61 Å². The fraction of sp³-hybridized carbons (Fsp3) is 0.909. The van der Waals surface area contributed by atoms with Gasteiger partial charge in [0.2, 0.25) is 0 Å². The molecule has 0 bridgehead atoms. The van der Waals surface area contributed by atoms with Crippen molar-refractivity contribution < 1.29 is 9.53 Å². The average molecular weight is 214 g/mol. The van der Waals surface area contributed by atoms with Crippen LogP contribution in [0.2, 0.25) is 0 Å². The molecule has 0 aromatic rings. The highest BCUT2D eigenvalue weighted by Gasteiger charge is 2.15. The van der Waals surface area contributed by atoms with Gasteiger partial charge in [0.05, 0.1) is 0 Å². The largest absolute Gasteiger partial charge is 0.448 e. The first kappa shape index (κ1) is 12.3. The van der Waals surface area contributed by atoms with Crippen LogP contribution in [0.1, 0.15) is 32.6 Å². The molecule has 0 spiro atoms. The Morgan fingerprint density at radius 3 is 2.53 bits per heavy atom. The van der Waals surface area contributed by atoms with Crippen LogP contribution in [0.15, 0.2) is 0 Å². The van der Waals surface area contributed by atoms with E-state index in [1.165, 1.54) is 12.8 Å². The standard InChI is InChI=1S/C11H22N2O2/c1-2-12-7-10-15-11(14)13-8-5-3-4-6-9-13/h12H,2-10H2,1H3. The van der Waals surface area contributed by atoms with Crippen molar-refractivity contribution >= 4 is 6.09 Å². The zero-order valence-corrected chi connectivity index (χ0v) is 9.63. The summed E-state index contributed by atoms with van der Waals surface area (Å²) in [5.74, 6) is 0. The minimum absolute atomic E-state index is 0.144. The quantitative estimate of drug-likeness (QED) is 0.723. The maximum absolute atomic E-state index is 11.6. The molecule has 1 N–H and O–H groups in total. The molecule has 1 amide bonds. The third-order valence-corrected chi connectivity index (χ3v) is 2.62. The highest BCUT2D eigenvalue weighted by molar-refractivity contribution is 5.67. The molecule has 1 rings (SSSR count). The molecule has 0 aromatic carbocycles. The van der Waals surface area contributed by atoms with Crippen LogP contribution in [0.5, 0.6) is 0 Å². The van der Waals surface area contributed by atoms with Crippen molar-refractivity contribution in [3.8, 4) is 0 Å². The van der Waals surface area contributed by atoms with Crippen LogP contribution in [0, 0.1) is 0 Å². The predicted octanol–water partition coefficient (Wildman–Crippen LogP) is 1.61. The molecule has 0 atom stereocenters. The number of hydrogen-bond donors (Lipinski definition) is 1. The zero-order valence-electron chi connectivity index (χ0n) is 9.63. The van der Waals surface area contributed by atoms with Gasteiger partial charge in [-0.05, 0) is 19.4 Å². The van der Waals surface area contributed by atoms with Gasteiger partial charge in [-0.3, -0.25) is 0 Å². The SMILES string of the molecule is CCNCCOC(=O)N1CCCCCC1. The van der Waals surface area contributed by atoms with Crippen LogP contribution in [0.25, 0.3) is 0 Å². The van der Waals surface area contributed by atoms with Crippen LogP contribution in [0.3, 0.4) is 0 Å². The lowest BCUT2D eigenvalue weighted by atomic mass is 10.2. The molecule has 1 fully saturated rings. The van der Waals surface area contributed by atoms with Gasteiger partial charge in [0.1, 0.15) is 6.61 Å². The van der Waals surface area contributed by atoms with Gasteiger partial charge in [0, 0.05) is 19.6 Å². The maximum Gasteiger partial charge on any atom is 0.409 e. The average Bonchev–Trinajstić information content (AvgIpc) is 2.52. The van der Waals surface area contributed by atoms with E-state index in [4.69, 9.17) is 4.74 Å². The van der Waals surface area contributed by atoms with Gasteiger partial charge >= 0.3 is 6.09 Å². The Bertz CT molecular complexity index is 177. The molecule has 1 saturated heterocycles. The van der Waals surface area contributed by atoms with E-state index in [0.717, 1.165) is 39.0 Å². The van der Waals surface area contributed by atoms with E-state index in [2.05, 4.69) is 5.32 Å². The number of nitrogens with one attached hydrogen (secondary N) is 1. The topological polar surface area (TPSA) is 41.6 Å². The molecule has 0 saturated carbocycles. The van der Waals surface area contributed by atoms with Crippen LogP contribution in [-0.2, 0) is 4.74 Å². The van der Waals surface area contributed by atoms with Crippen LogP contribution in [0.4, 0.5) is 4.79 Å². The van der Waals surface area contributed by atoms with Gasteiger partial charge in [0.25, 0.3) is 0 Å². The molecule has 0 aromatic heterocycles. The second kappa shape index (κ2) is 7.51. The molecule has 0 radical (unpaired) electrons. The number of likely N-dealkylation sites (N-methyl/N-ethyl adjacent to an activating group) is 1. The molecular weight excluding hydrogens is 192 g/mol. The second-order valence-electron chi connectivity index (χ2n) is 3.87. The number of ether oxygens (including phenoxy) is 1. The van der Waals surface area contributed by atoms with Crippen molar-refractivity contribution in [2.75, 3.05) is 32.8 Å². The number of likely N-dealkylation sites (tertiary alicyclic amines) is 1. The highest BCUT2D eigenvalue weighted by atomic mass is 16.6. The van der Waals surface area contributed by atoms with Crippen molar-refractivity contribution in [3.63, 3.8) is 0 Å². The molecule has 1 heterocycles. The Labute approximate surface area is 92.0 Å². The molecule has 1 aliphatic rings. The molecule has 88 valence electrons. The summed E-state index contributed by atoms with van der Waals surface area (Å²) in [7, 11) is 0. The summed E-state index contributed by atoms with van der Waals surface area (Å²) in [6, 6.07) is 0. The summed E-state index contributed by atoms with van der Waals surface area (Å²) in [6.45, 7) is 5.90. The van der Waals surface area contributed by atoms with Gasteiger partial charge in [-0.25, -0.2) is 4.79 Å². The Morgan fingerprint density at radius 1 is 1.27 bits per heavy atom. The number of carbonyl (C=O) groups excluding carboxylic acids is 1. The first-order valence-corrected chi connectivity index (χ1v) is 5.97. The zero-order chi connectivity index (χ0) is 10.9. The van der Waals surface area contributed by atoms with Gasteiger partial charge < -0.3 is 15.0 Å². The lowest BCUT2D eigenvalue weighted by molar-refractivity contribution is 0.104. The van der Waals surface area contributed by atoms with E-state index in [1.54, 1.807) is 0 Å². The first-order chi connectivity index (χ1) is 7.34. The Balaban J connectivity index is 2.14. The lowest BCUT2D eigenvalue weighted by Crippen LogP contribution is -2.34. The number of hydrogen-bond acceptors (Lipinski definition) is 3. The van der Waals surface area contributed by atoms with E-state index in [-0.39, 0.29) is 6.09 Å². The van der Waals surface area contributed by atoms with Crippen molar-refractivity contribution in [1.82, 2.24) is 10.2 Å². The minimum atomic E-state index is -0.144. The minimum Gasteiger partial charge on any atom is -0.448 e. The van der Waals surface area contributed by atoms with Crippen molar-refractivity contribution in [3.05, 3.63) is 0 Å². The third kappa shape index (κ3) is 5.02. The predicted molar refractivity (Wildman–Crippen MR) is 59.9 cm³/mol. The maximum atomic E-state index is 11.6. The summed E-state index contributed by atoms with van der Waals surface area (Å²) in [5, 5.41) is 3.12. The normalized spacial score (nSPS) is 17.3. The van der Waals surface area contributed by atoms with Gasteiger partial charge in [-0.15, -0.1) is 0 Å². The Kier molecular flexibility index (Phi) is 6.16. The second-order valence-corrected chi connectivity index (χ2v) is 3.87. The summed E-state index contributed by atoms with van der Waals surface area (Å²) < 4.78 is 5.16. The molecule has 4 nitrogen and oxygen atoms in total. The molecule has 0 unspecified atom stereocenters. The highest BCUT2D eigenvalue weighted by Crippen LogP contribution is 2.10. The van der Waals surface area contributed by atoms with Crippen LogP contribution >= 0.6 is 0 Å². The summed E-state index contributed by atoms with van der Waals surface area (Å²) in [4.78, 5) is 13.4. The van der Waals surface area contributed by atoms with E-state index >= 15 is 0 Å². The molecule has 15 heavy (non-hydrogen) atoms. The summed E-state index contributed by atoms with van der Waals surface area (Å²) >= 11 is 0. The molecular formula is C11H22N2O2. The Hall–Kier alpha value is -0.770. The fourth-order valence-corrected chi connectivity index (χ4v) is 1.73. The smallest absolute Gasteiger partial charge is 0.409 e.